The summed E-state index contributed by atoms with van der Waals surface area (Å²) in [6.45, 7) is 7.96. The Balaban J connectivity index is 2.96. The lowest BCUT2D eigenvalue weighted by Gasteiger charge is -2.29. The van der Waals surface area contributed by atoms with Crippen LogP contribution in [0, 0.1) is 0 Å². The van der Waals surface area contributed by atoms with Crippen LogP contribution in [0.2, 0.25) is 0 Å². The van der Waals surface area contributed by atoms with Crippen molar-refractivity contribution in [2.75, 3.05) is 6.61 Å². The molecule has 0 N–H and O–H groups in total. The summed E-state index contributed by atoms with van der Waals surface area (Å²) in [6.07, 6.45) is 0.698. The average Bonchev–Trinajstić information content (AvgIpc) is 2.39. The SMILES string of the molecule is CCOC(C)(C(=O)OC(C)CC)c1ccccc1. The van der Waals surface area contributed by atoms with Gasteiger partial charge in [0.1, 0.15) is 0 Å². The number of rotatable bonds is 6. The fraction of sp³-hybridized carbons (Fsp3) is 0.533. The highest BCUT2D eigenvalue weighted by Gasteiger charge is 2.38. The predicted octanol–water partition coefficient (Wildman–Crippen LogP) is 3.28. The van der Waals surface area contributed by atoms with Gasteiger partial charge in [-0.3, -0.25) is 0 Å². The average molecular weight is 250 g/mol. The van der Waals surface area contributed by atoms with E-state index >= 15 is 0 Å². The molecule has 1 aromatic carbocycles. The number of hydrogen-bond acceptors (Lipinski definition) is 3. The lowest BCUT2D eigenvalue weighted by molar-refractivity contribution is -0.176. The van der Waals surface area contributed by atoms with Gasteiger partial charge in [-0.2, -0.15) is 0 Å². The molecule has 0 aromatic heterocycles. The monoisotopic (exact) mass is 250 g/mol. The topological polar surface area (TPSA) is 35.5 Å². The Morgan fingerprint density at radius 3 is 2.39 bits per heavy atom. The van der Waals surface area contributed by atoms with Crippen molar-refractivity contribution in [1.82, 2.24) is 0 Å². The maximum absolute atomic E-state index is 12.3. The Morgan fingerprint density at radius 1 is 1.28 bits per heavy atom. The zero-order valence-electron chi connectivity index (χ0n) is 11.6. The molecule has 0 fully saturated rings. The summed E-state index contributed by atoms with van der Waals surface area (Å²) in [6, 6.07) is 9.46. The second-order valence-corrected chi connectivity index (χ2v) is 4.46. The molecule has 18 heavy (non-hydrogen) atoms. The van der Waals surface area contributed by atoms with Gasteiger partial charge in [-0.25, -0.2) is 4.79 Å². The molecule has 100 valence electrons. The zero-order chi connectivity index (χ0) is 13.6. The predicted molar refractivity (Wildman–Crippen MR) is 71.3 cm³/mol. The van der Waals surface area contributed by atoms with Crippen molar-refractivity contribution in [2.45, 2.75) is 45.8 Å². The van der Waals surface area contributed by atoms with Crippen molar-refractivity contribution in [2.24, 2.45) is 0 Å². The smallest absolute Gasteiger partial charge is 0.343 e. The van der Waals surface area contributed by atoms with Gasteiger partial charge in [0.05, 0.1) is 6.10 Å². The fourth-order valence-electron chi connectivity index (χ4n) is 1.68. The van der Waals surface area contributed by atoms with Crippen molar-refractivity contribution < 1.29 is 14.3 Å². The molecule has 0 radical (unpaired) electrons. The van der Waals surface area contributed by atoms with E-state index in [1.807, 2.05) is 51.1 Å². The molecule has 0 spiro atoms. The lowest BCUT2D eigenvalue weighted by atomic mass is 9.95. The molecule has 3 heteroatoms. The van der Waals surface area contributed by atoms with Crippen molar-refractivity contribution in [3.63, 3.8) is 0 Å². The van der Waals surface area contributed by atoms with E-state index in [1.165, 1.54) is 0 Å². The van der Waals surface area contributed by atoms with Crippen LogP contribution in [0.4, 0.5) is 0 Å². The molecule has 0 saturated carbocycles. The van der Waals surface area contributed by atoms with E-state index < -0.39 is 5.60 Å². The van der Waals surface area contributed by atoms with E-state index in [9.17, 15) is 4.79 Å². The van der Waals surface area contributed by atoms with Gasteiger partial charge >= 0.3 is 5.97 Å². The van der Waals surface area contributed by atoms with Gasteiger partial charge in [-0.05, 0) is 32.8 Å². The Labute approximate surface area is 109 Å². The summed E-state index contributed by atoms with van der Waals surface area (Å²) in [5, 5.41) is 0. The first-order valence-corrected chi connectivity index (χ1v) is 6.45. The molecule has 0 aliphatic heterocycles. The molecule has 0 aliphatic rings. The normalized spacial score (nSPS) is 15.8. The van der Waals surface area contributed by atoms with E-state index in [0.29, 0.717) is 6.61 Å². The van der Waals surface area contributed by atoms with E-state index in [0.717, 1.165) is 12.0 Å². The summed E-state index contributed by atoms with van der Waals surface area (Å²) in [5.41, 5.74) is -0.209. The minimum absolute atomic E-state index is 0.0963. The van der Waals surface area contributed by atoms with Crippen LogP contribution in [-0.4, -0.2) is 18.7 Å². The molecule has 2 unspecified atom stereocenters. The highest BCUT2D eigenvalue weighted by atomic mass is 16.6. The molecule has 0 aliphatic carbocycles. The Bertz CT molecular complexity index is 375. The quantitative estimate of drug-likeness (QED) is 0.727. The van der Waals surface area contributed by atoms with Crippen LogP contribution in [0.5, 0.6) is 0 Å². The fourth-order valence-corrected chi connectivity index (χ4v) is 1.68. The highest BCUT2D eigenvalue weighted by molar-refractivity contribution is 5.81. The van der Waals surface area contributed by atoms with Crippen LogP contribution in [0.25, 0.3) is 0 Å². The van der Waals surface area contributed by atoms with Crippen molar-refractivity contribution in [3.8, 4) is 0 Å². The van der Waals surface area contributed by atoms with Crippen LogP contribution in [0.3, 0.4) is 0 Å². The van der Waals surface area contributed by atoms with E-state index in [-0.39, 0.29) is 12.1 Å². The molecule has 1 rings (SSSR count). The van der Waals surface area contributed by atoms with Crippen molar-refractivity contribution in [3.05, 3.63) is 35.9 Å². The third-order valence-corrected chi connectivity index (χ3v) is 3.03. The first kappa shape index (κ1) is 14.7. The number of hydrogen-bond donors (Lipinski definition) is 0. The van der Waals surface area contributed by atoms with Gasteiger partial charge in [-0.15, -0.1) is 0 Å². The maximum Gasteiger partial charge on any atom is 0.343 e. The Morgan fingerprint density at radius 2 is 1.89 bits per heavy atom. The molecule has 0 heterocycles. The van der Waals surface area contributed by atoms with Gasteiger partial charge in [0.25, 0.3) is 0 Å². The molecule has 0 saturated heterocycles. The van der Waals surface area contributed by atoms with Crippen LogP contribution in [0.1, 0.15) is 39.7 Å². The number of carbonyl (C=O) groups excluding carboxylic acids is 1. The van der Waals surface area contributed by atoms with Crippen LogP contribution in [-0.2, 0) is 19.9 Å². The van der Waals surface area contributed by atoms with Crippen LogP contribution < -0.4 is 0 Å². The van der Waals surface area contributed by atoms with Gasteiger partial charge in [0.2, 0.25) is 0 Å². The molecule has 2 atom stereocenters. The third-order valence-electron chi connectivity index (χ3n) is 3.03. The molecule has 3 nitrogen and oxygen atoms in total. The lowest BCUT2D eigenvalue weighted by Crippen LogP contribution is -2.38. The van der Waals surface area contributed by atoms with Gasteiger partial charge in [-0.1, -0.05) is 37.3 Å². The minimum Gasteiger partial charge on any atom is -0.460 e. The molecule has 0 bridgehead atoms. The summed E-state index contributed by atoms with van der Waals surface area (Å²) in [5.74, 6) is -0.329. The summed E-state index contributed by atoms with van der Waals surface area (Å²) >= 11 is 0. The standard InChI is InChI=1S/C15H22O3/c1-5-12(3)18-14(16)15(4,17-6-2)13-10-8-7-9-11-13/h7-12H,5-6H2,1-4H3. The first-order chi connectivity index (χ1) is 8.54. The number of ether oxygens (including phenoxy) is 2. The highest BCUT2D eigenvalue weighted by Crippen LogP contribution is 2.27. The maximum atomic E-state index is 12.3. The largest absolute Gasteiger partial charge is 0.460 e. The van der Waals surface area contributed by atoms with Crippen LogP contribution in [0.15, 0.2) is 30.3 Å². The van der Waals surface area contributed by atoms with Gasteiger partial charge < -0.3 is 9.47 Å². The number of esters is 1. The molecule has 1 aromatic rings. The van der Waals surface area contributed by atoms with Crippen LogP contribution >= 0.6 is 0 Å². The molecular formula is C15H22O3. The second-order valence-electron chi connectivity index (χ2n) is 4.46. The minimum atomic E-state index is -1.03. The van der Waals surface area contributed by atoms with E-state index in [4.69, 9.17) is 9.47 Å². The molecular weight excluding hydrogens is 228 g/mol. The summed E-state index contributed by atoms with van der Waals surface area (Å²) < 4.78 is 11.1. The first-order valence-electron chi connectivity index (χ1n) is 6.45. The zero-order valence-corrected chi connectivity index (χ0v) is 11.6. The molecule has 0 amide bonds. The second kappa shape index (κ2) is 6.55. The van der Waals surface area contributed by atoms with E-state index in [2.05, 4.69) is 0 Å². The van der Waals surface area contributed by atoms with E-state index in [1.54, 1.807) is 6.92 Å². The summed E-state index contributed by atoms with van der Waals surface area (Å²) in [7, 11) is 0. The summed E-state index contributed by atoms with van der Waals surface area (Å²) in [4.78, 5) is 12.3. The number of benzene rings is 1. The number of carbonyl (C=O) groups is 1. The van der Waals surface area contributed by atoms with Gasteiger partial charge in [0, 0.05) is 6.61 Å². The Hall–Kier alpha value is -1.35. The van der Waals surface area contributed by atoms with Crippen molar-refractivity contribution >= 4 is 5.97 Å². The van der Waals surface area contributed by atoms with Crippen molar-refractivity contribution in [1.29, 1.82) is 0 Å². The third kappa shape index (κ3) is 3.33. The Kier molecular flexibility index (Phi) is 5.35. The van der Waals surface area contributed by atoms with Gasteiger partial charge in [0.15, 0.2) is 5.60 Å².